The standard InChI is InChI=1S/C30H42O/c1-18(2)19(3)7-8-20(4)26-16-22-10-9-21-15-23-17-24(31)11-13-29(23,5)25-12-14-30(26,6)28(22)27(21)25/h7-10,15,18-20,24-26,31H,11-14,16-17H2,1-6H3/t19-,20+,24-,25-,26+,29-,30+/m0/s1. The van der Waals surface area contributed by atoms with E-state index in [-0.39, 0.29) is 11.5 Å². The maximum atomic E-state index is 10.3. The van der Waals surface area contributed by atoms with Crippen molar-refractivity contribution in [2.45, 2.75) is 97.5 Å². The molecule has 1 aromatic rings. The average molecular weight is 419 g/mol. The van der Waals surface area contributed by atoms with Crippen molar-refractivity contribution < 1.29 is 5.11 Å². The van der Waals surface area contributed by atoms with Crippen molar-refractivity contribution in [3.05, 3.63) is 52.1 Å². The highest BCUT2D eigenvalue weighted by Gasteiger charge is 2.54. The van der Waals surface area contributed by atoms with E-state index in [9.17, 15) is 5.11 Å². The molecular weight excluding hydrogens is 376 g/mol. The largest absolute Gasteiger partial charge is 0.393 e. The van der Waals surface area contributed by atoms with Crippen molar-refractivity contribution in [2.24, 2.45) is 29.1 Å². The van der Waals surface area contributed by atoms with Gasteiger partial charge in [-0.2, -0.15) is 0 Å². The molecule has 1 nitrogen and oxygen atoms in total. The molecule has 1 fully saturated rings. The van der Waals surface area contributed by atoms with E-state index in [1.54, 1.807) is 16.7 Å². The van der Waals surface area contributed by atoms with Crippen molar-refractivity contribution >= 4 is 6.08 Å². The van der Waals surface area contributed by atoms with Gasteiger partial charge in [-0.1, -0.05) is 77.5 Å². The quantitative estimate of drug-likeness (QED) is 0.504. The summed E-state index contributed by atoms with van der Waals surface area (Å²) in [5, 5.41) is 10.3. The zero-order valence-electron chi connectivity index (χ0n) is 20.5. The van der Waals surface area contributed by atoms with Crippen LogP contribution in [0.1, 0.15) is 102 Å². The lowest BCUT2D eigenvalue weighted by Gasteiger charge is -2.53. The molecule has 0 aromatic heterocycles. The molecule has 1 heteroatoms. The van der Waals surface area contributed by atoms with Crippen LogP contribution < -0.4 is 0 Å². The van der Waals surface area contributed by atoms with Gasteiger partial charge in [0.25, 0.3) is 0 Å². The van der Waals surface area contributed by atoms with Crippen molar-refractivity contribution in [3.63, 3.8) is 0 Å². The summed E-state index contributed by atoms with van der Waals surface area (Å²) in [5.41, 5.74) is 8.59. The Morgan fingerprint density at radius 1 is 0.968 bits per heavy atom. The Kier molecular flexibility index (Phi) is 5.09. The molecule has 1 aromatic carbocycles. The third-order valence-corrected chi connectivity index (χ3v) is 10.2. The average Bonchev–Trinajstić information content (AvgIpc) is 3.04. The maximum absolute atomic E-state index is 10.3. The van der Waals surface area contributed by atoms with Gasteiger partial charge in [-0.05, 0) is 101 Å². The lowest BCUT2D eigenvalue weighted by molar-refractivity contribution is 0.0901. The Labute approximate surface area is 190 Å². The minimum Gasteiger partial charge on any atom is -0.393 e. The van der Waals surface area contributed by atoms with Crippen LogP contribution in [0.25, 0.3) is 6.08 Å². The molecule has 0 radical (unpaired) electrons. The predicted molar refractivity (Wildman–Crippen MR) is 131 cm³/mol. The third kappa shape index (κ3) is 3.13. The molecule has 0 aliphatic heterocycles. The van der Waals surface area contributed by atoms with Crippen LogP contribution in [0.5, 0.6) is 0 Å². The molecular formula is C30H42O. The van der Waals surface area contributed by atoms with Crippen LogP contribution in [0.2, 0.25) is 0 Å². The number of hydrogen-bond donors (Lipinski definition) is 1. The van der Waals surface area contributed by atoms with Crippen LogP contribution in [0.15, 0.2) is 29.9 Å². The molecule has 1 N–H and O–H groups in total. The van der Waals surface area contributed by atoms with E-state index in [0.29, 0.717) is 35.0 Å². The minimum absolute atomic E-state index is 0.144. The van der Waals surface area contributed by atoms with E-state index in [2.05, 4.69) is 71.9 Å². The van der Waals surface area contributed by atoms with E-state index in [0.717, 1.165) is 19.3 Å². The highest BCUT2D eigenvalue weighted by molar-refractivity contribution is 5.69. The fraction of sp³-hybridized carbons (Fsp3) is 0.667. The molecule has 1 saturated carbocycles. The number of aliphatic hydroxyl groups is 1. The summed E-state index contributed by atoms with van der Waals surface area (Å²) >= 11 is 0. The Morgan fingerprint density at radius 2 is 1.71 bits per heavy atom. The van der Waals surface area contributed by atoms with E-state index in [4.69, 9.17) is 0 Å². The minimum atomic E-state index is -0.144. The Balaban J connectivity index is 1.55. The monoisotopic (exact) mass is 418 g/mol. The highest BCUT2D eigenvalue weighted by Crippen LogP contribution is 2.64. The van der Waals surface area contributed by atoms with Gasteiger partial charge in [-0.15, -0.1) is 0 Å². The molecule has 0 amide bonds. The van der Waals surface area contributed by atoms with E-state index in [1.807, 2.05) is 0 Å². The van der Waals surface area contributed by atoms with Gasteiger partial charge in [-0.25, -0.2) is 0 Å². The Morgan fingerprint density at radius 3 is 2.45 bits per heavy atom. The van der Waals surface area contributed by atoms with Crippen molar-refractivity contribution in [1.82, 2.24) is 0 Å². The van der Waals surface area contributed by atoms with Crippen LogP contribution in [-0.2, 0) is 11.8 Å². The molecule has 4 aliphatic rings. The lowest BCUT2D eigenvalue weighted by Crippen LogP contribution is -2.43. The third-order valence-electron chi connectivity index (χ3n) is 10.2. The summed E-state index contributed by atoms with van der Waals surface area (Å²) < 4.78 is 0. The summed E-state index contributed by atoms with van der Waals surface area (Å²) in [6, 6.07) is 4.85. The summed E-state index contributed by atoms with van der Waals surface area (Å²) in [6.45, 7) is 14.6. The summed E-state index contributed by atoms with van der Waals surface area (Å²) in [5.74, 6) is 3.31. The SMILES string of the molecule is CC(C)[C@@H](C)C=C[C@@H](C)[C@H]1Cc2ccc3c4c2[C@]1(C)CC[C@@H]4[C@@]1(C)CC[C@H](O)CC1=C3. The topological polar surface area (TPSA) is 20.2 Å². The Bertz CT molecular complexity index is 936. The van der Waals surface area contributed by atoms with Crippen LogP contribution >= 0.6 is 0 Å². The fourth-order valence-electron chi connectivity index (χ4n) is 7.71. The zero-order valence-corrected chi connectivity index (χ0v) is 20.5. The first-order valence-electron chi connectivity index (χ1n) is 12.9. The van der Waals surface area contributed by atoms with Gasteiger partial charge in [-0.3, -0.25) is 0 Å². The number of rotatable bonds is 4. The van der Waals surface area contributed by atoms with Crippen molar-refractivity contribution in [1.29, 1.82) is 0 Å². The highest BCUT2D eigenvalue weighted by atomic mass is 16.3. The van der Waals surface area contributed by atoms with Gasteiger partial charge in [0, 0.05) is 0 Å². The molecule has 31 heavy (non-hydrogen) atoms. The van der Waals surface area contributed by atoms with E-state index in [1.165, 1.54) is 30.4 Å². The van der Waals surface area contributed by atoms with Crippen molar-refractivity contribution in [2.75, 3.05) is 0 Å². The fourth-order valence-corrected chi connectivity index (χ4v) is 7.71. The molecule has 0 saturated heterocycles. The van der Waals surface area contributed by atoms with Crippen LogP contribution in [0.3, 0.4) is 0 Å². The second-order valence-corrected chi connectivity index (χ2v) is 12.3. The second-order valence-electron chi connectivity index (χ2n) is 12.3. The summed E-state index contributed by atoms with van der Waals surface area (Å²) in [4.78, 5) is 0. The molecule has 0 heterocycles. The first-order chi connectivity index (χ1) is 14.6. The van der Waals surface area contributed by atoms with E-state index < -0.39 is 0 Å². The lowest BCUT2D eigenvalue weighted by atomic mass is 9.51. The number of aliphatic hydroxyl groups excluding tert-OH is 1. The molecule has 7 atom stereocenters. The van der Waals surface area contributed by atoms with Crippen LogP contribution in [-0.4, -0.2) is 11.2 Å². The molecule has 5 rings (SSSR count). The zero-order chi connectivity index (χ0) is 22.1. The van der Waals surface area contributed by atoms with Gasteiger partial charge in [0.05, 0.1) is 6.10 Å². The van der Waals surface area contributed by atoms with Crippen LogP contribution in [0, 0.1) is 29.1 Å². The predicted octanol–water partition coefficient (Wildman–Crippen LogP) is 7.43. The second kappa shape index (κ2) is 7.34. The molecule has 0 unspecified atom stereocenters. The van der Waals surface area contributed by atoms with Crippen LogP contribution in [0.4, 0.5) is 0 Å². The van der Waals surface area contributed by atoms with Gasteiger partial charge in [0.1, 0.15) is 0 Å². The molecule has 168 valence electrons. The first-order valence-corrected chi connectivity index (χ1v) is 12.9. The van der Waals surface area contributed by atoms with Gasteiger partial charge in [0.2, 0.25) is 0 Å². The molecule has 0 spiro atoms. The number of benzene rings is 1. The van der Waals surface area contributed by atoms with Crippen molar-refractivity contribution in [3.8, 4) is 0 Å². The normalized spacial score (nSPS) is 38.1. The van der Waals surface area contributed by atoms with Gasteiger partial charge < -0.3 is 5.11 Å². The summed E-state index contributed by atoms with van der Waals surface area (Å²) in [6.07, 6.45) is 14.2. The van der Waals surface area contributed by atoms with Gasteiger partial charge in [0.15, 0.2) is 0 Å². The first kappa shape index (κ1) is 21.5. The Hall–Kier alpha value is -1.34. The number of fused-ring (bicyclic) bond motifs is 2. The number of allylic oxidation sites excluding steroid dienone is 2. The molecule has 0 bridgehead atoms. The maximum Gasteiger partial charge on any atom is 0.0578 e. The van der Waals surface area contributed by atoms with E-state index >= 15 is 0 Å². The number of hydrogen-bond acceptors (Lipinski definition) is 1. The van der Waals surface area contributed by atoms with Gasteiger partial charge >= 0.3 is 0 Å². The summed E-state index contributed by atoms with van der Waals surface area (Å²) in [7, 11) is 0. The molecule has 4 aliphatic carbocycles. The smallest absolute Gasteiger partial charge is 0.0578 e.